The summed E-state index contributed by atoms with van der Waals surface area (Å²) in [7, 11) is 6.62. The average Bonchev–Trinajstić information content (AvgIpc) is 3.36. The number of carbonyl (C=O) groups is 1. The number of hydrogen-bond acceptors (Lipinski definition) is 6. The Labute approximate surface area is 184 Å². The van der Waals surface area contributed by atoms with Crippen molar-refractivity contribution in [1.29, 1.82) is 0 Å². The van der Waals surface area contributed by atoms with Gasteiger partial charge in [-0.05, 0) is 25.3 Å². The standard InChI is InChI=1S/C22H34N4O5/c1-23-22(26-13-11-25(12-14-26)21(27)18-6-5-15-31-18)24-10-9-16-7-8-17(28-2)20(30-4)19(16)29-3/h7-8,18H,5-6,9-15H2,1-4H3,(H,23,24). The molecule has 1 aromatic carbocycles. The summed E-state index contributed by atoms with van der Waals surface area (Å²) in [6.45, 7) is 4.24. The zero-order valence-corrected chi connectivity index (χ0v) is 19.0. The number of methoxy groups -OCH3 is 3. The van der Waals surface area contributed by atoms with Crippen molar-refractivity contribution in [3.8, 4) is 17.2 Å². The number of guanidine groups is 1. The van der Waals surface area contributed by atoms with Crippen LogP contribution < -0.4 is 19.5 Å². The zero-order valence-electron chi connectivity index (χ0n) is 19.0. The average molecular weight is 435 g/mol. The summed E-state index contributed by atoms with van der Waals surface area (Å²) in [5, 5.41) is 3.42. The van der Waals surface area contributed by atoms with Crippen LogP contribution in [0.2, 0.25) is 0 Å². The molecule has 2 heterocycles. The van der Waals surface area contributed by atoms with Crippen LogP contribution in [0.4, 0.5) is 0 Å². The fourth-order valence-electron chi connectivity index (χ4n) is 4.12. The fraction of sp³-hybridized carbons (Fsp3) is 0.636. The summed E-state index contributed by atoms with van der Waals surface area (Å²) in [6, 6.07) is 3.87. The Balaban J connectivity index is 1.52. The van der Waals surface area contributed by atoms with Gasteiger partial charge in [0.1, 0.15) is 6.10 Å². The Bertz CT molecular complexity index is 771. The normalized spacial score (nSPS) is 19.4. The highest BCUT2D eigenvalue weighted by atomic mass is 16.5. The molecule has 1 aromatic rings. The number of hydrogen-bond donors (Lipinski definition) is 1. The summed E-state index contributed by atoms with van der Waals surface area (Å²) in [6.07, 6.45) is 2.29. The number of nitrogens with one attached hydrogen (secondary N) is 1. The maximum Gasteiger partial charge on any atom is 0.251 e. The predicted molar refractivity (Wildman–Crippen MR) is 118 cm³/mol. The lowest BCUT2D eigenvalue weighted by atomic mass is 10.1. The molecule has 2 aliphatic rings. The first kappa shape index (κ1) is 23.0. The molecule has 2 aliphatic heterocycles. The van der Waals surface area contributed by atoms with Gasteiger partial charge < -0.3 is 34.1 Å². The van der Waals surface area contributed by atoms with Gasteiger partial charge in [-0.1, -0.05) is 6.07 Å². The summed E-state index contributed by atoms with van der Waals surface area (Å²) < 4.78 is 21.9. The van der Waals surface area contributed by atoms with Gasteiger partial charge in [0.05, 0.1) is 21.3 Å². The smallest absolute Gasteiger partial charge is 0.251 e. The lowest BCUT2D eigenvalue weighted by molar-refractivity contribution is -0.142. The second kappa shape index (κ2) is 11.1. The molecule has 9 nitrogen and oxygen atoms in total. The zero-order chi connectivity index (χ0) is 22.2. The summed E-state index contributed by atoms with van der Waals surface area (Å²) in [5.74, 6) is 2.88. The molecule has 0 radical (unpaired) electrons. The molecule has 1 N–H and O–H groups in total. The molecular formula is C22H34N4O5. The number of amides is 1. The number of carbonyl (C=O) groups excluding carboxylic acids is 1. The molecule has 2 fully saturated rings. The van der Waals surface area contributed by atoms with Gasteiger partial charge in [0, 0.05) is 51.9 Å². The van der Waals surface area contributed by atoms with E-state index in [0.717, 1.165) is 43.9 Å². The molecule has 2 saturated heterocycles. The lowest BCUT2D eigenvalue weighted by Crippen LogP contribution is -2.55. The van der Waals surface area contributed by atoms with Crippen molar-refractivity contribution in [2.75, 3.05) is 67.7 Å². The Morgan fingerprint density at radius 3 is 2.39 bits per heavy atom. The molecule has 0 bridgehead atoms. The molecular weight excluding hydrogens is 400 g/mol. The van der Waals surface area contributed by atoms with Gasteiger partial charge >= 0.3 is 0 Å². The van der Waals surface area contributed by atoms with E-state index in [1.807, 2.05) is 17.0 Å². The molecule has 1 atom stereocenters. The summed E-state index contributed by atoms with van der Waals surface area (Å²) in [5.41, 5.74) is 1.02. The van der Waals surface area contributed by atoms with Gasteiger partial charge in [-0.3, -0.25) is 9.79 Å². The Morgan fingerprint density at radius 2 is 1.81 bits per heavy atom. The van der Waals surface area contributed by atoms with Gasteiger partial charge in [0.15, 0.2) is 17.5 Å². The lowest BCUT2D eigenvalue weighted by Gasteiger charge is -2.37. The number of nitrogens with zero attached hydrogens (tertiary/aromatic N) is 3. The minimum Gasteiger partial charge on any atom is -0.493 e. The number of piperazine rings is 1. The largest absolute Gasteiger partial charge is 0.493 e. The highest BCUT2D eigenvalue weighted by Gasteiger charge is 2.30. The van der Waals surface area contributed by atoms with Crippen LogP contribution in [0.15, 0.2) is 17.1 Å². The topological polar surface area (TPSA) is 84.9 Å². The van der Waals surface area contributed by atoms with E-state index in [9.17, 15) is 4.79 Å². The molecule has 172 valence electrons. The number of ether oxygens (including phenoxy) is 4. The summed E-state index contributed by atoms with van der Waals surface area (Å²) in [4.78, 5) is 21.1. The van der Waals surface area contributed by atoms with E-state index in [4.69, 9.17) is 18.9 Å². The Kier molecular flexibility index (Phi) is 8.22. The highest BCUT2D eigenvalue weighted by molar-refractivity contribution is 5.82. The van der Waals surface area contributed by atoms with E-state index < -0.39 is 0 Å². The first-order chi connectivity index (χ1) is 15.1. The minimum absolute atomic E-state index is 0.126. The monoisotopic (exact) mass is 434 g/mol. The van der Waals surface area contributed by atoms with E-state index in [0.29, 0.717) is 43.5 Å². The van der Waals surface area contributed by atoms with Crippen molar-refractivity contribution in [3.63, 3.8) is 0 Å². The Morgan fingerprint density at radius 1 is 1.10 bits per heavy atom. The third-order valence-electron chi connectivity index (χ3n) is 5.77. The van der Waals surface area contributed by atoms with Crippen molar-refractivity contribution in [3.05, 3.63) is 17.7 Å². The van der Waals surface area contributed by atoms with Gasteiger partial charge in [-0.15, -0.1) is 0 Å². The van der Waals surface area contributed by atoms with Crippen LogP contribution >= 0.6 is 0 Å². The third-order valence-corrected chi connectivity index (χ3v) is 5.77. The van der Waals surface area contributed by atoms with Crippen LogP contribution in [0.5, 0.6) is 17.2 Å². The van der Waals surface area contributed by atoms with Gasteiger partial charge in [0.2, 0.25) is 5.75 Å². The molecule has 31 heavy (non-hydrogen) atoms. The van der Waals surface area contributed by atoms with Gasteiger partial charge in [-0.25, -0.2) is 0 Å². The number of rotatable bonds is 7. The van der Waals surface area contributed by atoms with E-state index in [2.05, 4.69) is 15.2 Å². The second-order valence-corrected chi connectivity index (χ2v) is 7.53. The first-order valence-electron chi connectivity index (χ1n) is 10.8. The van der Waals surface area contributed by atoms with Crippen LogP contribution in [0.1, 0.15) is 18.4 Å². The van der Waals surface area contributed by atoms with Gasteiger partial charge in [-0.2, -0.15) is 0 Å². The molecule has 1 amide bonds. The fourth-order valence-corrected chi connectivity index (χ4v) is 4.12. The highest BCUT2D eigenvalue weighted by Crippen LogP contribution is 2.39. The van der Waals surface area contributed by atoms with E-state index in [1.165, 1.54) is 0 Å². The maximum atomic E-state index is 12.5. The third kappa shape index (κ3) is 5.33. The predicted octanol–water partition coefficient (Wildman–Crippen LogP) is 1.15. The molecule has 0 saturated carbocycles. The molecule has 0 aromatic heterocycles. The SMILES string of the molecule is CN=C(NCCc1ccc(OC)c(OC)c1OC)N1CCN(C(=O)C2CCCO2)CC1. The summed E-state index contributed by atoms with van der Waals surface area (Å²) >= 11 is 0. The van der Waals surface area contributed by atoms with E-state index >= 15 is 0 Å². The van der Waals surface area contributed by atoms with Crippen LogP contribution in [0.25, 0.3) is 0 Å². The quantitative estimate of drug-likeness (QED) is 0.509. The number of aliphatic imine (C=N–C) groups is 1. The van der Waals surface area contributed by atoms with Crippen molar-refractivity contribution in [2.45, 2.75) is 25.4 Å². The van der Waals surface area contributed by atoms with Crippen molar-refractivity contribution in [2.24, 2.45) is 4.99 Å². The second-order valence-electron chi connectivity index (χ2n) is 7.53. The van der Waals surface area contributed by atoms with Gasteiger partial charge in [0.25, 0.3) is 5.91 Å². The Hall–Kier alpha value is -2.68. The molecule has 0 spiro atoms. The molecule has 0 aliphatic carbocycles. The van der Waals surface area contributed by atoms with Crippen LogP contribution in [0.3, 0.4) is 0 Å². The van der Waals surface area contributed by atoms with Crippen molar-refractivity contribution in [1.82, 2.24) is 15.1 Å². The van der Waals surface area contributed by atoms with Crippen molar-refractivity contribution < 1.29 is 23.7 Å². The van der Waals surface area contributed by atoms with E-state index in [-0.39, 0.29) is 12.0 Å². The molecule has 9 heteroatoms. The van der Waals surface area contributed by atoms with E-state index in [1.54, 1.807) is 28.4 Å². The minimum atomic E-state index is -0.250. The van der Waals surface area contributed by atoms with Crippen molar-refractivity contribution >= 4 is 11.9 Å². The first-order valence-corrected chi connectivity index (χ1v) is 10.8. The van der Waals surface area contributed by atoms with Crippen LogP contribution in [-0.4, -0.2) is 95.5 Å². The molecule has 3 rings (SSSR count). The molecule has 1 unspecified atom stereocenters. The van der Waals surface area contributed by atoms with Crippen LogP contribution in [-0.2, 0) is 16.0 Å². The maximum absolute atomic E-state index is 12.5. The number of benzene rings is 1. The van der Waals surface area contributed by atoms with Crippen LogP contribution in [0, 0.1) is 0 Å².